The van der Waals surface area contributed by atoms with Gasteiger partial charge in [0.15, 0.2) is 0 Å². The SMILES string of the molecule is Cc1[nH]c2c(c1C(=O)NCCCN1CCN(c3cc4c(cc3F)C(=O)N(C3CCC(=O)NC3=O)C4=O)CC1)CC/C2=C1/C(=O)Nc2ccc(F)cc21. The van der Waals surface area contributed by atoms with Gasteiger partial charge in [-0.15, -0.1) is 0 Å². The molecule has 0 saturated carbocycles. The van der Waals surface area contributed by atoms with Gasteiger partial charge < -0.3 is 20.5 Å². The highest BCUT2D eigenvalue weighted by Crippen LogP contribution is 2.44. The van der Waals surface area contributed by atoms with Gasteiger partial charge in [0.25, 0.3) is 23.6 Å². The van der Waals surface area contributed by atoms with Crippen molar-refractivity contribution in [3.8, 4) is 0 Å². The summed E-state index contributed by atoms with van der Waals surface area (Å²) in [5.74, 6) is -4.19. The fourth-order valence-electron chi connectivity index (χ4n) is 8.08. The third-order valence-corrected chi connectivity index (χ3v) is 10.6. The number of benzene rings is 2. The zero-order valence-corrected chi connectivity index (χ0v) is 28.3. The number of fused-ring (bicyclic) bond motifs is 3. The second-order valence-electron chi connectivity index (χ2n) is 13.7. The van der Waals surface area contributed by atoms with Crippen molar-refractivity contribution in [2.24, 2.45) is 0 Å². The van der Waals surface area contributed by atoms with Crippen LogP contribution >= 0.6 is 0 Å². The Bertz CT molecular complexity index is 2150. The maximum absolute atomic E-state index is 15.3. The van der Waals surface area contributed by atoms with E-state index in [1.54, 1.807) is 6.07 Å². The topological polar surface area (TPSA) is 164 Å². The predicted octanol–water partition coefficient (Wildman–Crippen LogP) is 2.75. The minimum atomic E-state index is -1.12. The lowest BCUT2D eigenvalue weighted by molar-refractivity contribution is -0.136. The fourth-order valence-corrected chi connectivity index (χ4v) is 8.08. The van der Waals surface area contributed by atoms with E-state index in [-0.39, 0.29) is 41.5 Å². The van der Waals surface area contributed by atoms with Crippen molar-refractivity contribution in [3.63, 3.8) is 0 Å². The van der Waals surface area contributed by atoms with Crippen LogP contribution in [-0.2, 0) is 20.8 Å². The number of aryl methyl sites for hydroxylation is 1. The van der Waals surface area contributed by atoms with Crippen molar-refractivity contribution in [1.82, 2.24) is 25.4 Å². The van der Waals surface area contributed by atoms with Crippen LogP contribution in [0.25, 0.3) is 11.1 Å². The van der Waals surface area contributed by atoms with Crippen LogP contribution in [-0.4, -0.2) is 95.5 Å². The standard InChI is InChI=1S/C37H35F2N7O6/c1-18-30(20-4-5-21(32(20)41-18)31-24-15-19(38)3-6-26(24)42-35(31)50)34(49)40-9-2-10-44-11-13-45(14-12-44)28-17-23-22(16-25(28)39)36(51)46(37(23)52)27-7-8-29(47)43-33(27)48/h3,6,15-17,27,41H,2,4-5,7-14H2,1H3,(H,40,49)(H,42,50)(H,43,47,48)/b31-21-. The average molecular weight is 712 g/mol. The number of amides is 6. The lowest BCUT2D eigenvalue weighted by atomic mass is 9.99. The molecule has 0 radical (unpaired) electrons. The van der Waals surface area contributed by atoms with Gasteiger partial charge in [0.2, 0.25) is 11.8 Å². The molecule has 2 aromatic carbocycles. The largest absolute Gasteiger partial charge is 0.367 e. The Morgan fingerprint density at radius 2 is 1.65 bits per heavy atom. The maximum atomic E-state index is 15.3. The molecular formula is C37H35F2N7O6. The van der Waals surface area contributed by atoms with E-state index in [4.69, 9.17) is 0 Å². The van der Waals surface area contributed by atoms with Crippen LogP contribution in [0, 0.1) is 18.6 Å². The predicted molar refractivity (Wildman–Crippen MR) is 184 cm³/mol. The number of nitrogens with zero attached hydrogens (tertiary/aromatic N) is 3. The molecule has 0 bridgehead atoms. The monoisotopic (exact) mass is 711 g/mol. The molecule has 4 N–H and O–H groups in total. The molecule has 52 heavy (non-hydrogen) atoms. The highest BCUT2D eigenvalue weighted by molar-refractivity contribution is 6.37. The van der Waals surface area contributed by atoms with E-state index in [1.807, 2.05) is 11.8 Å². The maximum Gasteiger partial charge on any atom is 0.262 e. The summed E-state index contributed by atoms with van der Waals surface area (Å²) >= 11 is 0. The Balaban J connectivity index is 0.857. The van der Waals surface area contributed by atoms with Crippen molar-refractivity contribution in [1.29, 1.82) is 0 Å². The molecule has 8 rings (SSSR count). The number of allylic oxidation sites excluding steroid dienone is 1. The third kappa shape index (κ3) is 5.55. The third-order valence-electron chi connectivity index (χ3n) is 10.6. The molecule has 1 aliphatic carbocycles. The molecule has 1 unspecified atom stereocenters. The average Bonchev–Trinajstić information content (AvgIpc) is 3.82. The molecule has 1 aromatic heterocycles. The second-order valence-corrected chi connectivity index (χ2v) is 13.7. The van der Waals surface area contributed by atoms with Crippen LogP contribution in [0.1, 0.15) is 79.3 Å². The van der Waals surface area contributed by atoms with E-state index in [2.05, 4.69) is 25.8 Å². The summed E-state index contributed by atoms with van der Waals surface area (Å²) in [6.07, 6.45) is 1.82. The van der Waals surface area contributed by atoms with Gasteiger partial charge in [-0.05, 0) is 80.6 Å². The molecular weight excluding hydrogens is 676 g/mol. The Hall–Kier alpha value is -5.70. The number of anilines is 2. The zero-order valence-electron chi connectivity index (χ0n) is 28.3. The van der Waals surface area contributed by atoms with E-state index in [0.29, 0.717) is 86.6 Å². The Morgan fingerprint density at radius 1 is 0.904 bits per heavy atom. The van der Waals surface area contributed by atoms with Gasteiger partial charge in [0.05, 0.1) is 28.0 Å². The minimum absolute atomic E-state index is 0.00297. The molecule has 4 aliphatic heterocycles. The quantitative estimate of drug-likeness (QED) is 0.165. The highest BCUT2D eigenvalue weighted by Gasteiger charge is 2.45. The van der Waals surface area contributed by atoms with Crippen molar-refractivity contribution in [2.75, 3.05) is 49.5 Å². The molecule has 0 spiro atoms. The van der Waals surface area contributed by atoms with E-state index in [0.717, 1.165) is 27.8 Å². The number of rotatable bonds is 7. The number of piperazine rings is 1. The van der Waals surface area contributed by atoms with Crippen molar-refractivity contribution < 1.29 is 37.5 Å². The second kappa shape index (κ2) is 12.8. The Kier molecular flexibility index (Phi) is 8.24. The van der Waals surface area contributed by atoms with Crippen LogP contribution in [0.15, 0.2) is 30.3 Å². The number of imide groups is 2. The molecule has 2 fully saturated rings. The first-order valence-corrected chi connectivity index (χ1v) is 17.4. The molecule has 2 saturated heterocycles. The number of hydrogen-bond acceptors (Lipinski definition) is 8. The Morgan fingerprint density at radius 3 is 2.40 bits per heavy atom. The van der Waals surface area contributed by atoms with Crippen LogP contribution in [0.5, 0.6) is 0 Å². The first-order valence-electron chi connectivity index (χ1n) is 17.4. The lowest BCUT2D eigenvalue weighted by Crippen LogP contribution is -2.54. The molecule has 5 heterocycles. The minimum Gasteiger partial charge on any atom is -0.367 e. The molecule has 15 heteroatoms. The highest BCUT2D eigenvalue weighted by atomic mass is 19.1. The normalized spacial score (nSPS) is 21.4. The van der Waals surface area contributed by atoms with Gasteiger partial charge in [-0.2, -0.15) is 0 Å². The molecule has 13 nitrogen and oxygen atoms in total. The van der Waals surface area contributed by atoms with Crippen molar-refractivity contribution >= 4 is 58.0 Å². The summed E-state index contributed by atoms with van der Waals surface area (Å²) in [5, 5.41) is 7.98. The van der Waals surface area contributed by atoms with Crippen LogP contribution in [0.3, 0.4) is 0 Å². The van der Waals surface area contributed by atoms with Gasteiger partial charge in [0.1, 0.15) is 17.7 Å². The first-order chi connectivity index (χ1) is 25.0. The van der Waals surface area contributed by atoms with E-state index >= 15 is 4.39 Å². The lowest BCUT2D eigenvalue weighted by Gasteiger charge is -2.36. The van der Waals surface area contributed by atoms with Gasteiger partial charge >= 0.3 is 0 Å². The molecule has 3 aromatic rings. The number of nitrogens with one attached hydrogen (secondary N) is 4. The number of aromatic nitrogens is 1. The molecule has 6 amide bonds. The van der Waals surface area contributed by atoms with Crippen LogP contribution in [0.2, 0.25) is 0 Å². The van der Waals surface area contributed by atoms with Crippen LogP contribution in [0.4, 0.5) is 20.2 Å². The number of H-pyrrole nitrogens is 1. The van der Waals surface area contributed by atoms with Crippen LogP contribution < -0.4 is 20.9 Å². The van der Waals surface area contributed by atoms with Crippen molar-refractivity contribution in [3.05, 3.63) is 81.2 Å². The van der Waals surface area contributed by atoms with Crippen molar-refractivity contribution in [2.45, 2.75) is 45.1 Å². The van der Waals surface area contributed by atoms with Gasteiger partial charge in [-0.1, -0.05) is 0 Å². The number of halogens is 2. The first kappa shape index (κ1) is 33.4. The summed E-state index contributed by atoms with van der Waals surface area (Å²) in [4.78, 5) is 84.6. The summed E-state index contributed by atoms with van der Waals surface area (Å²) < 4.78 is 29.4. The molecule has 5 aliphatic rings. The summed E-state index contributed by atoms with van der Waals surface area (Å²) in [6, 6.07) is 5.52. The molecule has 268 valence electrons. The van der Waals surface area contributed by atoms with Gasteiger partial charge in [-0.3, -0.25) is 43.9 Å². The summed E-state index contributed by atoms with van der Waals surface area (Å²) in [7, 11) is 0. The number of carbonyl (C=O) groups is 6. The number of hydrogen-bond donors (Lipinski definition) is 4. The fraction of sp³-hybridized carbons (Fsp3) is 0.351. The van der Waals surface area contributed by atoms with E-state index in [1.165, 1.54) is 18.2 Å². The number of piperidine rings is 1. The smallest absolute Gasteiger partial charge is 0.262 e. The van der Waals surface area contributed by atoms with E-state index < -0.39 is 41.3 Å². The summed E-state index contributed by atoms with van der Waals surface area (Å²) in [6.45, 7) is 5.13. The number of carbonyl (C=O) groups excluding carboxylic acids is 6. The Labute approximate surface area is 296 Å². The molecule has 1 atom stereocenters. The zero-order chi connectivity index (χ0) is 36.4. The number of aromatic amines is 1. The summed E-state index contributed by atoms with van der Waals surface area (Å²) in [5.41, 5.74) is 5.27. The van der Waals surface area contributed by atoms with E-state index in [9.17, 15) is 33.2 Å². The van der Waals surface area contributed by atoms with Gasteiger partial charge in [-0.25, -0.2) is 8.78 Å². The van der Waals surface area contributed by atoms with Gasteiger partial charge in [0, 0.05) is 61.8 Å².